The molecule has 1 fully saturated rings. The molecule has 29 heavy (non-hydrogen) atoms. The molecule has 152 valence electrons. The van der Waals surface area contributed by atoms with Crippen molar-refractivity contribution in [2.45, 2.75) is 32.5 Å². The van der Waals surface area contributed by atoms with Gasteiger partial charge in [0.2, 0.25) is 0 Å². The minimum atomic E-state index is -1.22. The predicted octanol–water partition coefficient (Wildman–Crippen LogP) is 2.07. The third-order valence-electron chi connectivity index (χ3n) is 5.42. The molecule has 8 nitrogen and oxygen atoms in total. The van der Waals surface area contributed by atoms with Crippen LogP contribution in [0.1, 0.15) is 30.5 Å². The van der Waals surface area contributed by atoms with E-state index in [1.54, 1.807) is 18.0 Å². The largest absolute Gasteiger partial charge is 0.497 e. The van der Waals surface area contributed by atoms with Gasteiger partial charge >= 0.3 is 6.03 Å². The lowest BCUT2D eigenvalue weighted by atomic mass is 9.91. The van der Waals surface area contributed by atoms with Crippen LogP contribution in [0, 0.1) is 5.92 Å². The molecule has 2 aliphatic rings. The second-order valence-corrected chi connectivity index (χ2v) is 7.98. The van der Waals surface area contributed by atoms with E-state index in [0.29, 0.717) is 18.0 Å². The Morgan fingerprint density at radius 2 is 2.14 bits per heavy atom. The number of nitrogens with one attached hydrogen (secondary N) is 2. The standard InChI is InChI=1S/C21H25N5O3/c1-13(2)9-26-11-16(8-22-26)21(19(27)23-20(28)24-21)12-25-10-15-5-6-17(29-4)7-18(15)14(25)3/h5-8,11,13H,3,9-10,12H2,1-2,4H3,(H2,23,24,27,28)/t21-/m0/s1. The molecular formula is C21H25N5O3. The summed E-state index contributed by atoms with van der Waals surface area (Å²) >= 11 is 0. The van der Waals surface area contributed by atoms with Gasteiger partial charge in [-0.15, -0.1) is 0 Å². The van der Waals surface area contributed by atoms with Crippen molar-refractivity contribution in [1.29, 1.82) is 0 Å². The molecule has 0 radical (unpaired) electrons. The molecule has 1 saturated heterocycles. The molecule has 1 atom stereocenters. The molecule has 2 aromatic rings. The Labute approximate surface area is 169 Å². The number of imide groups is 1. The Morgan fingerprint density at radius 3 is 2.79 bits per heavy atom. The van der Waals surface area contributed by atoms with E-state index in [4.69, 9.17) is 4.74 Å². The first-order valence-electron chi connectivity index (χ1n) is 9.60. The summed E-state index contributed by atoms with van der Waals surface area (Å²) in [6.07, 6.45) is 3.49. The van der Waals surface area contributed by atoms with Crippen molar-refractivity contribution < 1.29 is 14.3 Å². The van der Waals surface area contributed by atoms with Crippen LogP contribution >= 0.6 is 0 Å². The van der Waals surface area contributed by atoms with Crippen LogP contribution in [0.2, 0.25) is 0 Å². The number of rotatable bonds is 6. The number of urea groups is 1. The lowest BCUT2D eigenvalue weighted by Crippen LogP contribution is -2.51. The maximum Gasteiger partial charge on any atom is 0.322 e. The highest BCUT2D eigenvalue weighted by Crippen LogP contribution is 2.37. The van der Waals surface area contributed by atoms with Gasteiger partial charge in [0.25, 0.3) is 5.91 Å². The van der Waals surface area contributed by atoms with Crippen LogP contribution in [-0.2, 0) is 23.4 Å². The number of ether oxygens (including phenoxy) is 1. The molecule has 1 aromatic heterocycles. The topological polar surface area (TPSA) is 88.5 Å². The van der Waals surface area contributed by atoms with Gasteiger partial charge in [-0.25, -0.2) is 4.79 Å². The second kappa shape index (κ2) is 6.95. The summed E-state index contributed by atoms with van der Waals surface area (Å²) in [7, 11) is 1.62. The van der Waals surface area contributed by atoms with Crippen LogP contribution in [-0.4, -0.2) is 40.3 Å². The highest BCUT2D eigenvalue weighted by Gasteiger charge is 2.50. The molecule has 0 spiro atoms. The SMILES string of the molecule is C=C1c2cc(OC)ccc2CN1C[C@@]1(c2cnn(CC(C)C)c2)NC(=O)NC1=O. The highest BCUT2D eigenvalue weighted by atomic mass is 16.5. The van der Waals surface area contributed by atoms with E-state index in [0.717, 1.165) is 29.1 Å². The summed E-state index contributed by atoms with van der Waals surface area (Å²) in [5.74, 6) is 0.782. The zero-order valence-corrected chi connectivity index (χ0v) is 16.9. The lowest BCUT2D eigenvalue weighted by Gasteiger charge is -2.31. The van der Waals surface area contributed by atoms with Crippen LogP contribution in [0.5, 0.6) is 5.75 Å². The number of amides is 3. The molecule has 3 amide bonds. The van der Waals surface area contributed by atoms with Crippen molar-refractivity contribution in [3.05, 3.63) is 53.9 Å². The fraction of sp³-hybridized carbons (Fsp3) is 0.381. The fourth-order valence-corrected chi connectivity index (χ4v) is 3.95. The first-order valence-corrected chi connectivity index (χ1v) is 9.60. The first-order chi connectivity index (χ1) is 13.8. The van der Waals surface area contributed by atoms with Gasteiger partial charge in [0.15, 0.2) is 5.54 Å². The molecule has 8 heteroatoms. The number of fused-ring (bicyclic) bond motifs is 1. The lowest BCUT2D eigenvalue weighted by molar-refractivity contribution is -0.124. The summed E-state index contributed by atoms with van der Waals surface area (Å²) < 4.78 is 7.12. The summed E-state index contributed by atoms with van der Waals surface area (Å²) in [6.45, 7) is 10.00. The van der Waals surface area contributed by atoms with Crippen LogP contribution in [0.4, 0.5) is 4.79 Å². The number of aromatic nitrogens is 2. The minimum absolute atomic E-state index is 0.258. The maximum atomic E-state index is 12.9. The van der Waals surface area contributed by atoms with E-state index in [9.17, 15) is 9.59 Å². The number of hydrogen-bond acceptors (Lipinski definition) is 5. The molecule has 1 aromatic carbocycles. The quantitative estimate of drug-likeness (QED) is 0.731. The number of benzene rings is 1. The second-order valence-electron chi connectivity index (χ2n) is 7.98. The summed E-state index contributed by atoms with van der Waals surface area (Å²) in [5.41, 5.74) is 2.32. The first kappa shape index (κ1) is 19.0. The van der Waals surface area contributed by atoms with Crippen LogP contribution in [0.3, 0.4) is 0 Å². The summed E-state index contributed by atoms with van der Waals surface area (Å²) in [5, 5.41) is 9.61. The van der Waals surface area contributed by atoms with E-state index in [2.05, 4.69) is 36.2 Å². The number of methoxy groups -OCH3 is 1. The number of hydrogen-bond donors (Lipinski definition) is 2. The van der Waals surface area contributed by atoms with Crippen molar-refractivity contribution in [3.8, 4) is 5.75 Å². The summed E-state index contributed by atoms with van der Waals surface area (Å²) in [4.78, 5) is 27.0. The Morgan fingerprint density at radius 1 is 1.34 bits per heavy atom. The Kier molecular flexibility index (Phi) is 4.56. The van der Waals surface area contributed by atoms with E-state index in [1.807, 2.05) is 29.3 Å². The molecule has 0 bridgehead atoms. The van der Waals surface area contributed by atoms with E-state index in [-0.39, 0.29) is 12.5 Å². The zero-order chi connectivity index (χ0) is 20.8. The Bertz CT molecular complexity index is 996. The Hall–Kier alpha value is -3.29. The molecule has 2 aliphatic heterocycles. The average Bonchev–Trinajstić information content (AvgIpc) is 3.33. The van der Waals surface area contributed by atoms with Crippen LogP contribution in [0.25, 0.3) is 5.70 Å². The minimum Gasteiger partial charge on any atom is -0.497 e. The van der Waals surface area contributed by atoms with Gasteiger partial charge in [0.05, 0.1) is 19.9 Å². The van der Waals surface area contributed by atoms with Crippen molar-refractivity contribution in [3.63, 3.8) is 0 Å². The Balaban J connectivity index is 1.66. The highest BCUT2D eigenvalue weighted by molar-refractivity contribution is 6.07. The van der Waals surface area contributed by atoms with Gasteiger partial charge in [-0.1, -0.05) is 26.5 Å². The van der Waals surface area contributed by atoms with Crippen LogP contribution in [0.15, 0.2) is 37.2 Å². The molecular weight excluding hydrogens is 370 g/mol. The number of carbonyl (C=O) groups excluding carboxylic acids is 2. The third kappa shape index (κ3) is 3.24. The average molecular weight is 395 g/mol. The molecule has 3 heterocycles. The van der Waals surface area contributed by atoms with Crippen molar-refractivity contribution in [1.82, 2.24) is 25.3 Å². The summed E-state index contributed by atoms with van der Waals surface area (Å²) in [6, 6.07) is 5.35. The third-order valence-corrected chi connectivity index (χ3v) is 5.42. The maximum absolute atomic E-state index is 12.9. The van der Waals surface area contributed by atoms with Crippen LogP contribution < -0.4 is 15.4 Å². The fourth-order valence-electron chi connectivity index (χ4n) is 3.95. The van der Waals surface area contributed by atoms with Crippen molar-refractivity contribution in [2.24, 2.45) is 5.92 Å². The monoisotopic (exact) mass is 395 g/mol. The molecule has 2 N–H and O–H groups in total. The van der Waals surface area contributed by atoms with Gasteiger partial charge < -0.3 is 15.0 Å². The van der Waals surface area contributed by atoms with Crippen molar-refractivity contribution in [2.75, 3.05) is 13.7 Å². The van der Waals surface area contributed by atoms with E-state index >= 15 is 0 Å². The molecule has 0 saturated carbocycles. The number of nitrogens with zero attached hydrogens (tertiary/aromatic N) is 3. The molecule has 0 unspecified atom stereocenters. The van der Waals surface area contributed by atoms with E-state index in [1.165, 1.54) is 0 Å². The van der Waals surface area contributed by atoms with Gasteiger partial charge in [0.1, 0.15) is 5.75 Å². The zero-order valence-electron chi connectivity index (χ0n) is 16.9. The van der Waals surface area contributed by atoms with Gasteiger partial charge in [0, 0.05) is 36.1 Å². The number of carbonyl (C=O) groups is 2. The molecule has 0 aliphatic carbocycles. The van der Waals surface area contributed by atoms with Gasteiger partial charge in [-0.3, -0.25) is 14.8 Å². The van der Waals surface area contributed by atoms with E-state index < -0.39 is 11.6 Å². The van der Waals surface area contributed by atoms with Gasteiger partial charge in [-0.2, -0.15) is 5.10 Å². The van der Waals surface area contributed by atoms with Crippen molar-refractivity contribution >= 4 is 17.6 Å². The normalized spacial score (nSPS) is 20.8. The van der Waals surface area contributed by atoms with Gasteiger partial charge in [-0.05, 0) is 23.6 Å². The smallest absolute Gasteiger partial charge is 0.322 e. The molecule has 4 rings (SSSR count). The predicted molar refractivity (Wildman–Crippen MR) is 108 cm³/mol.